The summed E-state index contributed by atoms with van der Waals surface area (Å²) in [7, 11) is -3.19. The summed E-state index contributed by atoms with van der Waals surface area (Å²) in [5, 5.41) is 0. The Kier molecular flexibility index (Phi) is 4.14. The zero-order valence-electron chi connectivity index (χ0n) is 12.8. The lowest BCUT2D eigenvalue weighted by atomic mass is 9.82. The Morgan fingerprint density at radius 2 is 1.95 bits per heavy atom. The SMILES string of the molecule is CCC(C)(C)c1cc(S(C)(=O)=O)ccc1OCC1CC1. The van der Waals surface area contributed by atoms with E-state index in [4.69, 9.17) is 4.74 Å². The lowest BCUT2D eigenvalue weighted by Crippen LogP contribution is -2.18. The molecule has 1 aliphatic rings. The summed E-state index contributed by atoms with van der Waals surface area (Å²) in [5.41, 5.74) is 0.892. The van der Waals surface area contributed by atoms with Crippen LogP contribution in [0.1, 0.15) is 45.6 Å². The Bertz CT molecular complexity index is 584. The number of ether oxygens (including phenoxy) is 1. The van der Waals surface area contributed by atoms with Crippen LogP contribution in [0.15, 0.2) is 23.1 Å². The summed E-state index contributed by atoms with van der Waals surface area (Å²) < 4.78 is 29.4. The molecule has 0 aromatic heterocycles. The molecule has 0 spiro atoms. The van der Waals surface area contributed by atoms with E-state index in [1.165, 1.54) is 19.1 Å². The lowest BCUT2D eigenvalue weighted by Gasteiger charge is -2.26. The van der Waals surface area contributed by atoms with Crippen LogP contribution in [0.25, 0.3) is 0 Å². The van der Waals surface area contributed by atoms with E-state index in [-0.39, 0.29) is 5.41 Å². The van der Waals surface area contributed by atoms with E-state index in [9.17, 15) is 8.42 Å². The molecule has 1 saturated carbocycles. The fourth-order valence-electron chi connectivity index (χ4n) is 2.08. The van der Waals surface area contributed by atoms with Crippen LogP contribution < -0.4 is 4.74 Å². The van der Waals surface area contributed by atoms with Gasteiger partial charge in [-0.3, -0.25) is 0 Å². The van der Waals surface area contributed by atoms with E-state index in [2.05, 4.69) is 20.8 Å². The standard InChI is InChI=1S/C16H24O3S/c1-5-16(2,3)14-10-13(20(4,17)18)8-9-15(14)19-11-12-6-7-12/h8-10,12H,5-7,11H2,1-4H3. The molecule has 0 atom stereocenters. The van der Waals surface area contributed by atoms with Crippen LogP contribution in [0, 0.1) is 5.92 Å². The second kappa shape index (κ2) is 5.40. The second-order valence-corrected chi connectivity index (χ2v) is 8.44. The lowest BCUT2D eigenvalue weighted by molar-refractivity contribution is 0.289. The first-order valence-corrected chi connectivity index (χ1v) is 9.10. The monoisotopic (exact) mass is 296 g/mol. The van der Waals surface area contributed by atoms with Crippen molar-refractivity contribution in [3.63, 3.8) is 0 Å². The first-order valence-electron chi connectivity index (χ1n) is 7.21. The second-order valence-electron chi connectivity index (χ2n) is 6.42. The van der Waals surface area contributed by atoms with E-state index in [1.807, 2.05) is 6.07 Å². The quantitative estimate of drug-likeness (QED) is 0.806. The Morgan fingerprint density at radius 1 is 1.30 bits per heavy atom. The van der Waals surface area contributed by atoms with Crippen LogP contribution in [-0.2, 0) is 15.3 Å². The molecule has 112 valence electrons. The predicted octanol–water partition coefficient (Wildman–Crippen LogP) is 3.57. The maximum absolute atomic E-state index is 11.7. The molecule has 1 aliphatic carbocycles. The van der Waals surface area contributed by atoms with Gasteiger partial charge in [0, 0.05) is 11.8 Å². The van der Waals surface area contributed by atoms with Crippen molar-refractivity contribution in [2.45, 2.75) is 50.3 Å². The number of hydrogen-bond acceptors (Lipinski definition) is 3. The Hall–Kier alpha value is -1.03. The van der Waals surface area contributed by atoms with Gasteiger partial charge in [0.25, 0.3) is 0 Å². The predicted molar refractivity (Wildman–Crippen MR) is 81.1 cm³/mol. The molecule has 0 radical (unpaired) electrons. The molecular formula is C16H24O3S. The first-order chi connectivity index (χ1) is 9.24. The summed E-state index contributed by atoms with van der Waals surface area (Å²) in [4.78, 5) is 0.368. The van der Waals surface area contributed by atoms with Crippen molar-refractivity contribution in [2.75, 3.05) is 12.9 Å². The van der Waals surface area contributed by atoms with Crippen LogP contribution in [-0.4, -0.2) is 21.3 Å². The number of benzene rings is 1. The fraction of sp³-hybridized carbons (Fsp3) is 0.625. The van der Waals surface area contributed by atoms with Crippen molar-refractivity contribution in [1.29, 1.82) is 0 Å². The molecule has 0 aliphatic heterocycles. The molecule has 0 heterocycles. The topological polar surface area (TPSA) is 43.4 Å². The fourth-order valence-corrected chi connectivity index (χ4v) is 2.72. The van der Waals surface area contributed by atoms with Crippen LogP contribution in [0.2, 0.25) is 0 Å². The molecule has 20 heavy (non-hydrogen) atoms. The highest BCUT2D eigenvalue weighted by atomic mass is 32.2. The van der Waals surface area contributed by atoms with Gasteiger partial charge in [0.05, 0.1) is 11.5 Å². The normalized spacial score (nSPS) is 16.2. The number of hydrogen-bond donors (Lipinski definition) is 0. The summed E-state index contributed by atoms with van der Waals surface area (Å²) in [6.45, 7) is 7.10. The average molecular weight is 296 g/mol. The molecule has 1 fully saturated rings. The van der Waals surface area contributed by atoms with Crippen molar-refractivity contribution in [3.8, 4) is 5.75 Å². The first kappa shape index (κ1) is 15.4. The van der Waals surface area contributed by atoms with E-state index >= 15 is 0 Å². The van der Waals surface area contributed by atoms with Gasteiger partial charge in [0.1, 0.15) is 5.75 Å². The maximum Gasteiger partial charge on any atom is 0.175 e. The summed E-state index contributed by atoms with van der Waals surface area (Å²) in [6, 6.07) is 5.24. The van der Waals surface area contributed by atoms with Gasteiger partial charge in [-0.25, -0.2) is 8.42 Å². The Balaban J connectivity index is 2.39. The molecule has 1 aromatic carbocycles. The van der Waals surface area contributed by atoms with E-state index in [1.54, 1.807) is 12.1 Å². The van der Waals surface area contributed by atoms with Crippen molar-refractivity contribution < 1.29 is 13.2 Å². The number of rotatable bonds is 6. The molecule has 0 bridgehead atoms. The van der Waals surface area contributed by atoms with Crippen molar-refractivity contribution in [3.05, 3.63) is 23.8 Å². The summed E-state index contributed by atoms with van der Waals surface area (Å²) in [5.74, 6) is 1.51. The van der Waals surface area contributed by atoms with Gasteiger partial charge >= 0.3 is 0 Å². The minimum Gasteiger partial charge on any atom is -0.493 e. The Morgan fingerprint density at radius 3 is 2.45 bits per heavy atom. The highest BCUT2D eigenvalue weighted by molar-refractivity contribution is 7.90. The van der Waals surface area contributed by atoms with Gasteiger partial charge in [-0.1, -0.05) is 20.8 Å². The molecular weight excluding hydrogens is 272 g/mol. The van der Waals surface area contributed by atoms with Crippen molar-refractivity contribution in [2.24, 2.45) is 5.92 Å². The van der Waals surface area contributed by atoms with Gasteiger partial charge < -0.3 is 4.74 Å². The summed E-state index contributed by atoms with van der Waals surface area (Å²) >= 11 is 0. The third kappa shape index (κ3) is 3.54. The van der Waals surface area contributed by atoms with Crippen molar-refractivity contribution >= 4 is 9.84 Å². The van der Waals surface area contributed by atoms with Crippen LogP contribution in [0.3, 0.4) is 0 Å². The molecule has 0 amide bonds. The van der Waals surface area contributed by atoms with Gasteiger partial charge in [-0.15, -0.1) is 0 Å². The average Bonchev–Trinajstić information content (AvgIpc) is 3.19. The third-order valence-corrected chi connectivity index (χ3v) is 5.27. The zero-order valence-corrected chi connectivity index (χ0v) is 13.6. The van der Waals surface area contributed by atoms with E-state index < -0.39 is 9.84 Å². The zero-order chi connectivity index (χ0) is 15.0. The molecule has 0 unspecified atom stereocenters. The van der Waals surface area contributed by atoms with E-state index in [0.29, 0.717) is 10.8 Å². The minimum atomic E-state index is -3.19. The Labute approximate surface area is 122 Å². The largest absolute Gasteiger partial charge is 0.493 e. The maximum atomic E-state index is 11.7. The summed E-state index contributed by atoms with van der Waals surface area (Å²) in [6.07, 6.45) is 4.66. The molecule has 0 saturated heterocycles. The molecule has 2 rings (SSSR count). The third-order valence-electron chi connectivity index (χ3n) is 4.16. The van der Waals surface area contributed by atoms with Crippen LogP contribution in [0.5, 0.6) is 5.75 Å². The highest BCUT2D eigenvalue weighted by Crippen LogP contribution is 2.37. The minimum absolute atomic E-state index is 0.0976. The molecule has 0 N–H and O–H groups in total. The van der Waals surface area contributed by atoms with Gasteiger partial charge in [-0.2, -0.15) is 0 Å². The van der Waals surface area contributed by atoms with Crippen LogP contribution >= 0.6 is 0 Å². The molecule has 4 heteroatoms. The number of sulfone groups is 1. The van der Waals surface area contributed by atoms with Crippen molar-refractivity contribution in [1.82, 2.24) is 0 Å². The molecule has 1 aromatic rings. The highest BCUT2D eigenvalue weighted by Gasteiger charge is 2.27. The van der Waals surface area contributed by atoms with E-state index in [0.717, 1.165) is 24.3 Å². The van der Waals surface area contributed by atoms with Gasteiger partial charge in [0.15, 0.2) is 9.84 Å². The van der Waals surface area contributed by atoms with Crippen LogP contribution in [0.4, 0.5) is 0 Å². The van der Waals surface area contributed by atoms with Gasteiger partial charge in [0.2, 0.25) is 0 Å². The smallest absolute Gasteiger partial charge is 0.175 e. The van der Waals surface area contributed by atoms with Gasteiger partial charge in [-0.05, 0) is 48.8 Å². The molecule has 3 nitrogen and oxygen atoms in total.